The average Bonchev–Trinajstić information content (AvgIpc) is 3.29. The SMILES string of the molecule is N#Cc1cccc(C(=O)Nc2ccc(-c3nnc4n3-c3cccnc3Nc3ccccc3-4)cc2)c1. The first-order valence-electron chi connectivity index (χ1n) is 10.9. The van der Waals surface area contributed by atoms with E-state index in [0.717, 1.165) is 22.5 Å². The van der Waals surface area contributed by atoms with E-state index in [2.05, 4.69) is 25.8 Å². The number of nitrogens with one attached hydrogen (secondary N) is 2. The Hall–Kier alpha value is -5.29. The van der Waals surface area contributed by atoms with Crippen LogP contribution in [0, 0.1) is 11.3 Å². The summed E-state index contributed by atoms with van der Waals surface area (Å²) in [6.07, 6.45) is 1.74. The van der Waals surface area contributed by atoms with Gasteiger partial charge < -0.3 is 10.6 Å². The van der Waals surface area contributed by atoms with Crippen LogP contribution in [0.2, 0.25) is 0 Å². The topological polar surface area (TPSA) is 109 Å². The van der Waals surface area contributed by atoms with Gasteiger partial charge in [0.05, 0.1) is 23.0 Å². The smallest absolute Gasteiger partial charge is 0.255 e. The number of rotatable bonds is 3. The molecule has 6 rings (SSSR count). The molecule has 0 saturated carbocycles. The van der Waals surface area contributed by atoms with Crippen molar-refractivity contribution in [3.63, 3.8) is 0 Å². The fourth-order valence-corrected chi connectivity index (χ4v) is 4.10. The van der Waals surface area contributed by atoms with E-state index in [1.807, 2.05) is 71.3 Å². The summed E-state index contributed by atoms with van der Waals surface area (Å²) in [6.45, 7) is 0. The van der Waals surface area contributed by atoms with Crippen molar-refractivity contribution >= 4 is 23.1 Å². The molecule has 8 heteroatoms. The molecule has 0 atom stereocenters. The third-order valence-electron chi connectivity index (χ3n) is 5.77. The minimum Gasteiger partial charge on any atom is -0.338 e. The van der Waals surface area contributed by atoms with Gasteiger partial charge in [-0.05, 0) is 66.7 Å². The van der Waals surface area contributed by atoms with Crippen molar-refractivity contribution in [2.75, 3.05) is 10.6 Å². The van der Waals surface area contributed by atoms with Gasteiger partial charge in [0.25, 0.3) is 5.91 Å². The Morgan fingerprint density at radius 1 is 0.914 bits per heavy atom. The number of carbonyl (C=O) groups is 1. The number of hydrogen-bond acceptors (Lipinski definition) is 6. The molecule has 0 aliphatic carbocycles. The Kier molecular flexibility index (Phi) is 4.79. The van der Waals surface area contributed by atoms with Crippen LogP contribution >= 0.6 is 0 Å². The fourth-order valence-electron chi connectivity index (χ4n) is 4.10. The third kappa shape index (κ3) is 3.57. The maximum absolute atomic E-state index is 12.6. The van der Waals surface area contributed by atoms with Crippen molar-refractivity contribution in [1.82, 2.24) is 19.7 Å². The van der Waals surface area contributed by atoms with E-state index in [0.29, 0.717) is 34.3 Å². The van der Waals surface area contributed by atoms with Crippen LogP contribution < -0.4 is 10.6 Å². The van der Waals surface area contributed by atoms with Crippen LogP contribution in [-0.2, 0) is 0 Å². The molecule has 0 radical (unpaired) electrons. The van der Waals surface area contributed by atoms with Gasteiger partial charge in [-0.1, -0.05) is 18.2 Å². The van der Waals surface area contributed by atoms with E-state index in [-0.39, 0.29) is 5.91 Å². The summed E-state index contributed by atoms with van der Waals surface area (Å²) < 4.78 is 1.99. The quantitative estimate of drug-likeness (QED) is 0.381. The number of hydrogen-bond donors (Lipinski definition) is 2. The average molecular weight is 455 g/mol. The molecule has 1 aliphatic heterocycles. The van der Waals surface area contributed by atoms with Crippen LogP contribution in [0.1, 0.15) is 15.9 Å². The first-order valence-corrected chi connectivity index (χ1v) is 10.9. The third-order valence-corrected chi connectivity index (χ3v) is 5.77. The summed E-state index contributed by atoms with van der Waals surface area (Å²) in [5.41, 5.74) is 5.00. The number of anilines is 3. The van der Waals surface area contributed by atoms with E-state index in [4.69, 9.17) is 5.26 Å². The summed E-state index contributed by atoms with van der Waals surface area (Å²) >= 11 is 0. The number of amides is 1. The van der Waals surface area contributed by atoms with Crippen LogP contribution in [0.15, 0.2) is 91.1 Å². The molecule has 0 unspecified atom stereocenters. The molecule has 35 heavy (non-hydrogen) atoms. The number of benzene rings is 3. The number of aromatic nitrogens is 4. The van der Waals surface area contributed by atoms with Gasteiger partial charge in [0.15, 0.2) is 17.5 Å². The number of para-hydroxylation sites is 1. The molecule has 2 N–H and O–H groups in total. The van der Waals surface area contributed by atoms with E-state index < -0.39 is 0 Å². The van der Waals surface area contributed by atoms with Crippen LogP contribution in [-0.4, -0.2) is 25.7 Å². The molecule has 1 aliphatic rings. The van der Waals surface area contributed by atoms with Crippen molar-refractivity contribution < 1.29 is 4.79 Å². The predicted octanol–water partition coefficient (Wildman–Crippen LogP) is 5.18. The molecular formula is C27H17N7O. The predicted molar refractivity (Wildman–Crippen MR) is 132 cm³/mol. The standard InChI is InChI=1S/C27H17N7O/c28-16-17-5-3-6-19(15-17)27(35)30-20-12-10-18(11-13-20)25-32-33-26-21-7-1-2-8-22(21)31-24-23(34(25)26)9-4-14-29-24/h1-15H,(H,29,31)(H,30,35). The molecule has 0 saturated heterocycles. The summed E-state index contributed by atoms with van der Waals surface area (Å²) in [5.74, 6) is 1.80. The van der Waals surface area contributed by atoms with Gasteiger partial charge in [0, 0.05) is 28.6 Å². The highest BCUT2D eigenvalue weighted by atomic mass is 16.1. The molecule has 0 bridgehead atoms. The first-order chi connectivity index (χ1) is 17.2. The molecule has 5 aromatic rings. The number of fused-ring (bicyclic) bond motifs is 5. The maximum atomic E-state index is 12.6. The highest BCUT2D eigenvalue weighted by molar-refractivity contribution is 6.04. The number of carbonyl (C=O) groups excluding carboxylic acids is 1. The lowest BCUT2D eigenvalue weighted by Gasteiger charge is -2.11. The molecule has 0 spiro atoms. The van der Waals surface area contributed by atoms with E-state index in [9.17, 15) is 4.79 Å². The summed E-state index contributed by atoms with van der Waals surface area (Å²) in [7, 11) is 0. The van der Waals surface area contributed by atoms with Crippen LogP contribution in [0.5, 0.6) is 0 Å². The van der Waals surface area contributed by atoms with Crippen molar-refractivity contribution in [1.29, 1.82) is 5.26 Å². The Labute approximate surface area is 200 Å². The molecule has 0 fully saturated rings. The molecule has 1 amide bonds. The van der Waals surface area contributed by atoms with Gasteiger partial charge in [-0.2, -0.15) is 5.26 Å². The Morgan fingerprint density at radius 2 is 1.74 bits per heavy atom. The lowest BCUT2D eigenvalue weighted by Crippen LogP contribution is -2.11. The number of pyridine rings is 1. The molecule has 8 nitrogen and oxygen atoms in total. The van der Waals surface area contributed by atoms with Gasteiger partial charge >= 0.3 is 0 Å². The zero-order valence-electron chi connectivity index (χ0n) is 18.3. The number of nitriles is 1. The lowest BCUT2D eigenvalue weighted by molar-refractivity contribution is 0.102. The summed E-state index contributed by atoms with van der Waals surface area (Å²) in [5, 5.41) is 24.4. The molecule has 166 valence electrons. The highest BCUT2D eigenvalue weighted by Gasteiger charge is 2.24. The van der Waals surface area contributed by atoms with Gasteiger partial charge in [-0.3, -0.25) is 9.36 Å². The summed E-state index contributed by atoms with van der Waals surface area (Å²) in [4.78, 5) is 17.1. The molecule has 3 aromatic carbocycles. The maximum Gasteiger partial charge on any atom is 0.255 e. The van der Waals surface area contributed by atoms with E-state index >= 15 is 0 Å². The second kappa shape index (κ2) is 8.24. The van der Waals surface area contributed by atoms with Crippen LogP contribution in [0.25, 0.3) is 28.5 Å². The normalized spacial score (nSPS) is 11.2. The Morgan fingerprint density at radius 3 is 2.60 bits per heavy atom. The molecule has 3 heterocycles. The summed E-state index contributed by atoms with van der Waals surface area (Å²) in [6, 6.07) is 27.8. The van der Waals surface area contributed by atoms with Crippen molar-refractivity contribution in [2.45, 2.75) is 0 Å². The molecular weight excluding hydrogens is 438 g/mol. The van der Waals surface area contributed by atoms with Crippen molar-refractivity contribution in [3.8, 4) is 34.5 Å². The van der Waals surface area contributed by atoms with Gasteiger partial charge in [-0.25, -0.2) is 4.98 Å². The Balaban J connectivity index is 1.37. The highest BCUT2D eigenvalue weighted by Crippen LogP contribution is 2.39. The van der Waals surface area contributed by atoms with E-state index in [1.165, 1.54) is 0 Å². The second-order valence-corrected chi connectivity index (χ2v) is 7.95. The minimum atomic E-state index is -0.283. The van der Waals surface area contributed by atoms with Crippen LogP contribution in [0.3, 0.4) is 0 Å². The second-order valence-electron chi connectivity index (χ2n) is 7.95. The fraction of sp³-hybridized carbons (Fsp3) is 0. The zero-order chi connectivity index (χ0) is 23.8. The minimum absolute atomic E-state index is 0.283. The van der Waals surface area contributed by atoms with Crippen LogP contribution in [0.4, 0.5) is 17.2 Å². The van der Waals surface area contributed by atoms with Gasteiger partial charge in [-0.15, -0.1) is 10.2 Å². The van der Waals surface area contributed by atoms with Gasteiger partial charge in [0.1, 0.15) is 0 Å². The van der Waals surface area contributed by atoms with E-state index in [1.54, 1.807) is 30.5 Å². The van der Waals surface area contributed by atoms with Crippen molar-refractivity contribution in [2.24, 2.45) is 0 Å². The monoisotopic (exact) mass is 455 g/mol. The largest absolute Gasteiger partial charge is 0.338 e. The zero-order valence-corrected chi connectivity index (χ0v) is 18.3. The van der Waals surface area contributed by atoms with Crippen molar-refractivity contribution in [3.05, 3.63) is 102 Å². The number of nitrogens with zero attached hydrogens (tertiary/aromatic N) is 5. The first kappa shape index (κ1) is 20.3. The van der Waals surface area contributed by atoms with Gasteiger partial charge in [0.2, 0.25) is 0 Å². The Bertz CT molecular complexity index is 1630. The molecule has 2 aromatic heterocycles. The lowest BCUT2D eigenvalue weighted by atomic mass is 10.1.